The molecule has 15 heavy (non-hydrogen) atoms. The number of fused-ring (bicyclic) bond motifs is 1. The molecule has 1 aliphatic heterocycles. The average Bonchev–Trinajstić information content (AvgIpc) is 2.76. The summed E-state index contributed by atoms with van der Waals surface area (Å²) in [5, 5.41) is 9.56. The fraction of sp³-hybridized carbons (Fsp3) is 0.583. The minimum Gasteiger partial charge on any atom is -0.393 e. The minimum atomic E-state index is -0.0501. The fourth-order valence-electron chi connectivity index (χ4n) is 3.00. The minimum absolute atomic E-state index is 0.0501. The van der Waals surface area contributed by atoms with Gasteiger partial charge in [-0.2, -0.15) is 0 Å². The van der Waals surface area contributed by atoms with Crippen molar-refractivity contribution in [2.45, 2.75) is 18.9 Å². The van der Waals surface area contributed by atoms with Crippen molar-refractivity contribution in [2.75, 3.05) is 18.0 Å². The van der Waals surface area contributed by atoms with Gasteiger partial charge in [0.15, 0.2) is 0 Å². The van der Waals surface area contributed by atoms with Gasteiger partial charge in [-0.05, 0) is 36.8 Å². The number of nitrogens with zero attached hydrogens (tertiary/aromatic N) is 2. The highest BCUT2D eigenvalue weighted by atomic mass is 16.3. The molecule has 0 aromatic carbocycles. The predicted molar refractivity (Wildman–Crippen MR) is 58.7 cm³/mol. The van der Waals surface area contributed by atoms with Crippen LogP contribution in [0.25, 0.3) is 0 Å². The van der Waals surface area contributed by atoms with Gasteiger partial charge >= 0.3 is 0 Å². The number of aromatic nitrogens is 1. The van der Waals surface area contributed by atoms with Gasteiger partial charge in [0.25, 0.3) is 0 Å². The first-order valence-corrected chi connectivity index (χ1v) is 5.67. The molecular formula is C12H16N2O. The van der Waals surface area contributed by atoms with Crippen LogP contribution in [0.15, 0.2) is 24.4 Å². The second-order valence-electron chi connectivity index (χ2n) is 4.74. The van der Waals surface area contributed by atoms with Crippen LogP contribution in [-0.4, -0.2) is 29.3 Å². The van der Waals surface area contributed by atoms with E-state index < -0.39 is 0 Å². The second-order valence-corrected chi connectivity index (χ2v) is 4.74. The zero-order chi connectivity index (χ0) is 10.3. The van der Waals surface area contributed by atoms with Crippen LogP contribution in [0.2, 0.25) is 0 Å². The Bertz CT molecular complexity index is 327. The lowest BCUT2D eigenvalue weighted by Gasteiger charge is -2.18. The Balaban J connectivity index is 1.73. The molecule has 1 aliphatic carbocycles. The van der Waals surface area contributed by atoms with E-state index in [1.165, 1.54) is 0 Å². The van der Waals surface area contributed by atoms with Crippen molar-refractivity contribution in [3.63, 3.8) is 0 Å². The van der Waals surface area contributed by atoms with Gasteiger partial charge in [0, 0.05) is 19.3 Å². The molecule has 1 N–H and O–H groups in total. The van der Waals surface area contributed by atoms with Crippen molar-refractivity contribution in [1.29, 1.82) is 0 Å². The van der Waals surface area contributed by atoms with Crippen LogP contribution in [0.5, 0.6) is 0 Å². The van der Waals surface area contributed by atoms with Crippen LogP contribution in [0, 0.1) is 11.8 Å². The first-order chi connectivity index (χ1) is 7.33. The summed E-state index contributed by atoms with van der Waals surface area (Å²) < 4.78 is 0. The molecule has 80 valence electrons. The molecule has 3 atom stereocenters. The Morgan fingerprint density at radius 3 is 2.53 bits per heavy atom. The summed E-state index contributed by atoms with van der Waals surface area (Å²) in [6.07, 6.45) is 3.76. The Kier molecular flexibility index (Phi) is 2.13. The summed E-state index contributed by atoms with van der Waals surface area (Å²) >= 11 is 0. The van der Waals surface area contributed by atoms with Crippen molar-refractivity contribution in [2.24, 2.45) is 11.8 Å². The first-order valence-electron chi connectivity index (χ1n) is 5.67. The predicted octanol–water partition coefficient (Wildman–Crippen LogP) is 1.29. The molecular weight excluding hydrogens is 188 g/mol. The third-order valence-corrected chi connectivity index (χ3v) is 3.70. The SMILES string of the molecule is OC1C[C@@H]2CN(c3ccccn3)C[C@@H]2C1. The second kappa shape index (κ2) is 3.49. The van der Waals surface area contributed by atoms with Gasteiger partial charge in [0.05, 0.1) is 6.10 Å². The number of rotatable bonds is 1. The van der Waals surface area contributed by atoms with Gasteiger partial charge in [0.1, 0.15) is 5.82 Å². The highest BCUT2D eigenvalue weighted by Crippen LogP contribution is 2.39. The van der Waals surface area contributed by atoms with Gasteiger partial charge < -0.3 is 10.0 Å². The molecule has 3 heteroatoms. The quantitative estimate of drug-likeness (QED) is 0.749. The standard InChI is InChI=1S/C12H16N2O/c15-11-5-9-7-14(8-10(9)6-11)12-3-1-2-4-13-12/h1-4,9-11,15H,5-8H2/t9-,10+,11?. The summed E-state index contributed by atoms with van der Waals surface area (Å²) in [5.74, 6) is 2.45. The summed E-state index contributed by atoms with van der Waals surface area (Å²) in [5.41, 5.74) is 0. The largest absolute Gasteiger partial charge is 0.393 e. The van der Waals surface area contributed by atoms with Gasteiger partial charge in [-0.15, -0.1) is 0 Å². The van der Waals surface area contributed by atoms with E-state index in [-0.39, 0.29) is 6.10 Å². The van der Waals surface area contributed by atoms with Crippen LogP contribution in [0.1, 0.15) is 12.8 Å². The molecule has 3 nitrogen and oxygen atoms in total. The number of aliphatic hydroxyl groups is 1. The maximum absolute atomic E-state index is 9.56. The highest BCUT2D eigenvalue weighted by Gasteiger charge is 2.40. The third-order valence-electron chi connectivity index (χ3n) is 3.70. The lowest BCUT2D eigenvalue weighted by Crippen LogP contribution is -2.23. The summed E-state index contributed by atoms with van der Waals surface area (Å²) in [7, 11) is 0. The molecule has 1 aromatic heterocycles. The molecule has 1 aromatic rings. The molecule has 2 fully saturated rings. The van der Waals surface area contributed by atoms with Crippen LogP contribution >= 0.6 is 0 Å². The summed E-state index contributed by atoms with van der Waals surface area (Å²) in [6.45, 7) is 2.14. The van der Waals surface area contributed by atoms with Gasteiger partial charge in [-0.3, -0.25) is 0 Å². The van der Waals surface area contributed by atoms with Crippen LogP contribution in [0.3, 0.4) is 0 Å². The van der Waals surface area contributed by atoms with Gasteiger partial charge in [0.2, 0.25) is 0 Å². The van der Waals surface area contributed by atoms with Crippen molar-refractivity contribution in [1.82, 2.24) is 4.98 Å². The molecule has 0 amide bonds. The maximum atomic E-state index is 9.56. The molecule has 1 saturated heterocycles. The van der Waals surface area contributed by atoms with E-state index in [1.807, 2.05) is 18.3 Å². The summed E-state index contributed by atoms with van der Waals surface area (Å²) in [6, 6.07) is 6.05. The fourth-order valence-corrected chi connectivity index (χ4v) is 3.00. The first kappa shape index (κ1) is 9.16. The van der Waals surface area contributed by atoms with Gasteiger partial charge in [-0.1, -0.05) is 6.07 Å². The van der Waals surface area contributed by atoms with Crippen LogP contribution < -0.4 is 4.90 Å². The molecule has 2 aliphatic rings. The molecule has 0 spiro atoms. The van der Waals surface area contributed by atoms with Crippen molar-refractivity contribution >= 4 is 5.82 Å². The Morgan fingerprint density at radius 2 is 1.93 bits per heavy atom. The zero-order valence-corrected chi connectivity index (χ0v) is 8.71. The Morgan fingerprint density at radius 1 is 1.20 bits per heavy atom. The molecule has 3 rings (SSSR count). The van der Waals surface area contributed by atoms with Crippen LogP contribution in [0.4, 0.5) is 5.82 Å². The Hall–Kier alpha value is -1.09. The van der Waals surface area contributed by atoms with E-state index in [1.54, 1.807) is 0 Å². The molecule has 1 unspecified atom stereocenters. The average molecular weight is 204 g/mol. The van der Waals surface area contributed by atoms with Crippen molar-refractivity contribution in [3.05, 3.63) is 24.4 Å². The monoisotopic (exact) mass is 204 g/mol. The number of hydrogen-bond donors (Lipinski definition) is 1. The van der Waals surface area contributed by atoms with Crippen molar-refractivity contribution in [3.8, 4) is 0 Å². The number of pyridine rings is 1. The van der Waals surface area contributed by atoms with Crippen LogP contribution in [-0.2, 0) is 0 Å². The van der Waals surface area contributed by atoms with E-state index >= 15 is 0 Å². The highest BCUT2D eigenvalue weighted by molar-refractivity contribution is 5.39. The van der Waals surface area contributed by atoms with Gasteiger partial charge in [-0.25, -0.2) is 4.98 Å². The zero-order valence-electron chi connectivity index (χ0n) is 8.71. The van der Waals surface area contributed by atoms with E-state index in [9.17, 15) is 5.11 Å². The normalized spacial score (nSPS) is 34.5. The van der Waals surface area contributed by atoms with Crippen molar-refractivity contribution < 1.29 is 5.11 Å². The maximum Gasteiger partial charge on any atom is 0.128 e. The molecule has 0 radical (unpaired) electrons. The number of aliphatic hydroxyl groups excluding tert-OH is 1. The number of anilines is 1. The lowest BCUT2D eigenvalue weighted by atomic mass is 10.0. The molecule has 2 heterocycles. The summed E-state index contributed by atoms with van der Waals surface area (Å²) in [4.78, 5) is 6.72. The van der Waals surface area contributed by atoms with E-state index in [2.05, 4.69) is 16.0 Å². The van der Waals surface area contributed by atoms with E-state index in [4.69, 9.17) is 0 Å². The number of hydrogen-bond acceptors (Lipinski definition) is 3. The topological polar surface area (TPSA) is 36.4 Å². The smallest absolute Gasteiger partial charge is 0.128 e. The molecule has 0 bridgehead atoms. The molecule has 1 saturated carbocycles. The van der Waals surface area contributed by atoms with E-state index in [0.29, 0.717) is 11.8 Å². The Labute approximate surface area is 89.7 Å². The lowest BCUT2D eigenvalue weighted by molar-refractivity contribution is 0.174. The van der Waals surface area contributed by atoms with E-state index in [0.717, 1.165) is 31.7 Å². The third kappa shape index (κ3) is 1.61.